The molecule has 0 radical (unpaired) electrons. The Morgan fingerprint density at radius 3 is 2.34 bits per heavy atom. The molecule has 2 rings (SSSR count). The molecule has 1 aliphatic heterocycles. The number of hydroxylamine groups is 1. The first-order valence-electron chi connectivity index (χ1n) is 9.90. The van der Waals surface area contributed by atoms with Crippen molar-refractivity contribution in [3.63, 3.8) is 0 Å². The smallest absolute Gasteiger partial charge is 0.247 e. The Labute approximate surface area is 170 Å². The van der Waals surface area contributed by atoms with Crippen molar-refractivity contribution in [2.45, 2.75) is 53.0 Å². The summed E-state index contributed by atoms with van der Waals surface area (Å²) in [5, 5.41) is 11.7. The van der Waals surface area contributed by atoms with Crippen molar-refractivity contribution < 1.29 is 24.0 Å². The fourth-order valence-electron chi connectivity index (χ4n) is 4.22. The number of likely N-dealkylation sites (tertiary alicyclic amines) is 1. The van der Waals surface area contributed by atoms with Gasteiger partial charge in [-0.3, -0.25) is 19.6 Å². The minimum atomic E-state index is -0.940. The van der Waals surface area contributed by atoms with E-state index in [4.69, 9.17) is 5.21 Å². The van der Waals surface area contributed by atoms with Crippen molar-refractivity contribution in [3.05, 3.63) is 30.1 Å². The van der Waals surface area contributed by atoms with Gasteiger partial charge in [0.25, 0.3) is 0 Å². The van der Waals surface area contributed by atoms with Crippen LogP contribution in [0.4, 0.5) is 10.1 Å². The molecule has 3 N–H and O–H groups in total. The van der Waals surface area contributed by atoms with Crippen LogP contribution >= 0.6 is 0 Å². The van der Waals surface area contributed by atoms with E-state index in [0.29, 0.717) is 25.1 Å². The molecule has 0 saturated carbocycles. The Kier molecular flexibility index (Phi) is 7.35. The minimum absolute atomic E-state index is 0.124. The van der Waals surface area contributed by atoms with Crippen LogP contribution in [0.1, 0.15) is 47.0 Å². The van der Waals surface area contributed by atoms with Gasteiger partial charge in [-0.15, -0.1) is 0 Å². The molecule has 8 heteroatoms. The molecule has 0 aromatic heterocycles. The number of benzene rings is 1. The van der Waals surface area contributed by atoms with Crippen molar-refractivity contribution in [2.75, 3.05) is 11.9 Å². The average molecular weight is 407 g/mol. The number of amides is 3. The van der Waals surface area contributed by atoms with Gasteiger partial charge in [0.1, 0.15) is 11.9 Å². The number of nitrogens with one attached hydrogen (secondary N) is 2. The molecule has 1 saturated heterocycles. The lowest BCUT2D eigenvalue weighted by atomic mass is 9.75. The zero-order chi connectivity index (χ0) is 21.8. The molecule has 1 aromatic rings. The maximum atomic E-state index is 13.4. The van der Waals surface area contributed by atoms with Crippen LogP contribution in [0.15, 0.2) is 24.3 Å². The van der Waals surface area contributed by atoms with E-state index < -0.39 is 23.2 Å². The van der Waals surface area contributed by atoms with Gasteiger partial charge in [0, 0.05) is 18.7 Å². The predicted octanol–water partition coefficient (Wildman–Crippen LogP) is 2.95. The van der Waals surface area contributed by atoms with Crippen molar-refractivity contribution in [3.8, 4) is 0 Å². The first-order chi connectivity index (χ1) is 13.6. The van der Waals surface area contributed by atoms with Crippen LogP contribution < -0.4 is 10.8 Å². The summed E-state index contributed by atoms with van der Waals surface area (Å²) in [4.78, 5) is 39.8. The van der Waals surface area contributed by atoms with Crippen molar-refractivity contribution in [1.29, 1.82) is 0 Å². The first kappa shape index (κ1) is 22.8. The number of halogens is 1. The monoisotopic (exact) mass is 407 g/mol. The zero-order valence-corrected chi connectivity index (χ0v) is 17.4. The summed E-state index contributed by atoms with van der Waals surface area (Å²) in [5.74, 6) is -1.62. The van der Waals surface area contributed by atoms with Crippen LogP contribution in [0, 0.1) is 23.1 Å². The fourth-order valence-corrected chi connectivity index (χ4v) is 4.22. The van der Waals surface area contributed by atoms with Gasteiger partial charge < -0.3 is 10.2 Å². The van der Waals surface area contributed by atoms with Crippen LogP contribution in [0.3, 0.4) is 0 Å². The normalized spacial score (nSPS) is 20.3. The van der Waals surface area contributed by atoms with E-state index in [1.807, 2.05) is 27.7 Å². The zero-order valence-electron chi connectivity index (χ0n) is 17.4. The molecule has 1 fully saturated rings. The van der Waals surface area contributed by atoms with E-state index in [2.05, 4.69) is 5.32 Å². The number of nitrogens with zero attached hydrogens (tertiary/aromatic N) is 1. The Balaban J connectivity index is 2.26. The topological polar surface area (TPSA) is 98.7 Å². The number of anilines is 1. The van der Waals surface area contributed by atoms with Gasteiger partial charge in [-0.1, -0.05) is 27.7 Å². The maximum absolute atomic E-state index is 13.4. The van der Waals surface area contributed by atoms with Crippen LogP contribution in [-0.4, -0.2) is 40.4 Å². The van der Waals surface area contributed by atoms with Crippen molar-refractivity contribution in [1.82, 2.24) is 10.4 Å². The molecule has 3 amide bonds. The molecule has 1 aliphatic rings. The van der Waals surface area contributed by atoms with E-state index in [-0.39, 0.29) is 30.1 Å². The maximum Gasteiger partial charge on any atom is 0.247 e. The average Bonchev–Trinajstić information content (AvgIpc) is 2.92. The number of rotatable bonds is 8. The summed E-state index contributed by atoms with van der Waals surface area (Å²) in [6.07, 6.45) is 0.798. The second kappa shape index (κ2) is 9.35. The molecule has 1 heterocycles. The highest BCUT2D eigenvalue weighted by Gasteiger charge is 2.51. The highest BCUT2D eigenvalue weighted by Crippen LogP contribution is 2.42. The molecule has 2 atom stereocenters. The quantitative estimate of drug-likeness (QED) is 0.456. The van der Waals surface area contributed by atoms with Crippen LogP contribution in [0.2, 0.25) is 0 Å². The summed E-state index contributed by atoms with van der Waals surface area (Å²) in [6.45, 7) is 7.99. The second-order valence-corrected chi connectivity index (χ2v) is 8.52. The Morgan fingerprint density at radius 1 is 1.21 bits per heavy atom. The highest BCUT2D eigenvalue weighted by molar-refractivity contribution is 5.99. The van der Waals surface area contributed by atoms with Gasteiger partial charge in [0.05, 0.1) is 5.41 Å². The first-order valence-corrected chi connectivity index (χ1v) is 9.90. The van der Waals surface area contributed by atoms with Crippen LogP contribution in [-0.2, 0) is 14.4 Å². The summed E-state index contributed by atoms with van der Waals surface area (Å²) in [6, 6.07) is 4.71. The molecule has 1 aromatic carbocycles. The molecule has 0 bridgehead atoms. The van der Waals surface area contributed by atoms with Crippen molar-refractivity contribution >= 4 is 23.4 Å². The van der Waals surface area contributed by atoms with Gasteiger partial charge >= 0.3 is 0 Å². The predicted molar refractivity (Wildman–Crippen MR) is 106 cm³/mol. The third-order valence-electron chi connectivity index (χ3n) is 5.32. The van der Waals surface area contributed by atoms with E-state index in [9.17, 15) is 18.8 Å². The lowest BCUT2D eigenvalue weighted by Gasteiger charge is -2.33. The molecule has 7 nitrogen and oxygen atoms in total. The van der Waals surface area contributed by atoms with E-state index in [1.165, 1.54) is 29.2 Å². The third-order valence-corrected chi connectivity index (χ3v) is 5.32. The van der Waals surface area contributed by atoms with Gasteiger partial charge in [-0.2, -0.15) is 0 Å². The van der Waals surface area contributed by atoms with Gasteiger partial charge in [0.2, 0.25) is 17.7 Å². The second-order valence-electron chi connectivity index (χ2n) is 8.52. The summed E-state index contributed by atoms with van der Waals surface area (Å²) < 4.78 is 13.1. The SMILES string of the molecule is CC(C)C[C@@]1(CC(=O)NO)CCN([C@@H](C(=O)Nc2ccc(F)cc2)C(C)C)C1=O. The molecule has 0 spiro atoms. The van der Waals surface area contributed by atoms with Gasteiger partial charge in [-0.25, -0.2) is 9.87 Å². The molecule has 29 heavy (non-hydrogen) atoms. The number of hydrogen-bond donors (Lipinski definition) is 3. The third kappa shape index (κ3) is 5.32. The Bertz CT molecular complexity index is 751. The van der Waals surface area contributed by atoms with Crippen LogP contribution in [0.25, 0.3) is 0 Å². The Hall–Kier alpha value is -2.48. The van der Waals surface area contributed by atoms with Crippen LogP contribution in [0.5, 0.6) is 0 Å². The number of carbonyl (C=O) groups excluding carboxylic acids is 3. The standard InChI is InChI=1S/C21H30FN3O4/c1-13(2)11-21(12-17(26)24-29)9-10-25(20(21)28)18(14(3)4)19(27)23-16-7-5-15(22)6-8-16/h5-8,13-14,18,29H,9-12H2,1-4H3,(H,23,27)(H,24,26)/t18-,21-/m1/s1. The molecule has 0 unspecified atom stereocenters. The van der Waals surface area contributed by atoms with E-state index >= 15 is 0 Å². The lowest BCUT2D eigenvalue weighted by Crippen LogP contribution is -2.50. The van der Waals surface area contributed by atoms with Crippen molar-refractivity contribution in [2.24, 2.45) is 17.3 Å². The summed E-state index contributed by atoms with van der Waals surface area (Å²) >= 11 is 0. The van der Waals surface area contributed by atoms with Gasteiger partial charge in [0.15, 0.2) is 0 Å². The van der Waals surface area contributed by atoms with E-state index in [1.54, 1.807) is 5.48 Å². The summed E-state index contributed by atoms with van der Waals surface area (Å²) in [5.41, 5.74) is 1.12. The minimum Gasteiger partial charge on any atom is -0.330 e. The van der Waals surface area contributed by atoms with Gasteiger partial charge in [-0.05, 0) is 48.9 Å². The molecular weight excluding hydrogens is 377 g/mol. The lowest BCUT2D eigenvalue weighted by molar-refractivity contribution is -0.147. The number of carbonyl (C=O) groups is 3. The number of hydrogen-bond acceptors (Lipinski definition) is 4. The largest absolute Gasteiger partial charge is 0.330 e. The fraction of sp³-hybridized carbons (Fsp3) is 0.571. The van der Waals surface area contributed by atoms with E-state index in [0.717, 1.165) is 0 Å². The Morgan fingerprint density at radius 2 is 1.83 bits per heavy atom. The summed E-state index contributed by atoms with van der Waals surface area (Å²) in [7, 11) is 0. The molecule has 160 valence electrons. The highest BCUT2D eigenvalue weighted by atomic mass is 19.1. The molecule has 0 aliphatic carbocycles. The molecular formula is C21H30FN3O4.